The zero-order chi connectivity index (χ0) is 18.7. The summed E-state index contributed by atoms with van der Waals surface area (Å²) in [6, 6.07) is 0. The predicted molar refractivity (Wildman–Crippen MR) is 95.7 cm³/mol. The number of aliphatic hydroxyl groups is 2. The Morgan fingerprint density at radius 3 is 2.52 bits per heavy atom. The van der Waals surface area contributed by atoms with Crippen molar-refractivity contribution in [3.05, 3.63) is 34.9 Å². The first-order valence-corrected chi connectivity index (χ1v) is 9.10. The number of carbonyl (C=O) groups is 2. The second-order valence-electron chi connectivity index (χ2n) is 8.69. The highest BCUT2D eigenvalue weighted by molar-refractivity contribution is 6.25. The number of fused-ring (bicyclic) bond motifs is 2. The molecule has 0 amide bonds. The summed E-state index contributed by atoms with van der Waals surface area (Å²) in [5.74, 6) is -0.320. The fourth-order valence-electron chi connectivity index (χ4n) is 5.22. The van der Waals surface area contributed by atoms with Crippen LogP contribution in [-0.2, 0) is 9.59 Å². The minimum absolute atomic E-state index is 0.0142. The molecule has 1 fully saturated rings. The Bertz CT molecular complexity index is 726. The fourth-order valence-corrected chi connectivity index (χ4v) is 5.22. The van der Waals surface area contributed by atoms with E-state index in [2.05, 4.69) is 6.58 Å². The summed E-state index contributed by atoms with van der Waals surface area (Å²) in [4.78, 5) is 26.1. The molecule has 0 aromatic heterocycles. The molecular formula is C21H28O4. The SMILES string of the molecule is C=C1C[C@H]2[C@@](C)(CO)[C@@H](O)CC[C@]2(C)C2=C1C(=O)C(C(C)C)=CC2=O. The maximum Gasteiger partial charge on any atom is 0.190 e. The lowest BCUT2D eigenvalue weighted by Crippen LogP contribution is -2.56. The standard InChI is InChI=1S/C21H28O4/c1-11(2)13-9-14(23)18-17(19(13)25)12(3)8-15-20(18,4)7-6-16(24)21(15,5)10-22/h9,11,15-16,22,24H,3,6-8,10H2,1-2,4-5H3/t15-,16+,20+,21-/m1/s1. The Hall–Kier alpha value is -1.52. The minimum Gasteiger partial charge on any atom is -0.396 e. The summed E-state index contributed by atoms with van der Waals surface area (Å²) in [7, 11) is 0. The number of rotatable bonds is 2. The number of allylic oxidation sites excluding steroid dienone is 5. The minimum atomic E-state index is -0.708. The number of hydrogen-bond acceptors (Lipinski definition) is 4. The largest absolute Gasteiger partial charge is 0.396 e. The van der Waals surface area contributed by atoms with Crippen molar-refractivity contribution in [2.75, 3.05) is 6.61 Å². The van der Waals surface area contributed by atoms with Crippen LogP contribution < -0.4 is 0 Å². The molecule has 4 heteroatoms. The lowest BCUT2D eigenvalue weighted by Gasteiger charge is -2.57. The first-order chi connectivity index (χ1) is 11.6. The Kier molecular flexibility index (Phi) is 4.20. The Balaban J connectivity index is 2.19. The molecule has 0 aromatic carbocycles. The molecule has 0 aliphatic heterocycles. The third-order valence-corrected chi connectivity index (χ3v) is 6.87. The topological polar surface area (TPSA) is 74.6 Å². The molecular weight excluding hydrogens is 316 g/mol. The van der Waals surface area contributed by atoms with E-state index in [1.807, 2.05) is 27.7 Å². The van der Waals surface area contributed by atoms with Crippen molar-refractivity contribution in [2.45, 2.75) is 53.1 Å². The van der Waals surface area contributed by atoms with E-state index >= 15 is 0 Å². The van der Waals surface area contributed by atoms with Crippen molar-refractivity contribution in [1.29, 1.82) is 0 Å². The maximum atomic E-state index is 13.0. The Morgan fingerprint density at radius 2 is 1.96 bits per heavy atom. The fraction of sp³-hybridized carbons (Fsp3) is 0.619. The summed E-state index contributed by atoms with van der Waals surface area (Å²) in [6.07, 6.45) is 2.53. The van der Waals surface area contributed by atoms with E-state index in [1.54, 1.807) is 0 Å². The van der Waals surface area contributed by atoms with Crippen LogP contribution in [0.15, 0.2) is 34.9 Å². The highest BCUT2D eigenvalue weighted by Crippen LogP contribution is 2.61. The molecule has 0 radical (unpaired) electrons. The van der Waals surface area contributed by atoms with Crippen LogP contribution in [0.3, 0.4) is 0 Å². The average Bonchev–Trinajstić information content (AvgIpc) is 2.55. The van der Waals surface area contributed by atoms with Gasteiger partial charge < -0.3 is 10.2 Å². The van der Waals surface area contributed by atoms with Gasteiger partial charge in [-0.3, -0.25) is 9.59 Å². The molecule has 4 atom stereocenters. The van der Waals surface area contributed by atoms with E-state index in [0.717, 1.165) is 0 Å². The van der Waals surface area contributed by atoms with E-state index in [4.69, 9.17) is 0 Å². The molecule has 3 aliphatic carbocycles. The number of hydrogen-bond donors (Lipinski definition) is 2. The lowest BCUT2D eigenvalue weighted by atomic mass is 9.47. The summed E-state index contributed by atoms with van der Waals surface area (Å²) in [5.41, 5.74) is 1.02. The van der Waals surface area contributed by atoms with Crippen molar-refractivity contribution < 1.29 is 19.8 Å². The van der Waals surface area contributed by atoms with Crippen LogP contribution in [0, 0.1) is 22.7 Å². The van der Waals surface area contributed by atoms with Gasteiger partial charge in [-0.25, -0.2) is 0 Å². The second kappa shape index (κ2) is 5.75. The van der Waals surface area contributed by atoms with Gasteiger partial charge in [0, 0.05) is 27.5 Å². The van der Waals surface area contributed by atoms with Crippen molar-refractivity contribution in [3.8, 4) is 0 Å². The van der Waals surface area contributed by atoms with E-state index in [-0.39, 0.29) is 30.0 Å². The zero-order valence-electron chi connectivity index (χ0n) is 15.6. The number of ketones is 2. The summed E-state index contributed by atoms with van der Waals surface area (Å²) >= 11 is 0. The van der Waals surface area contributed by atoms with Crippen LogP contribution in [0.25, 0.3) is 0 Å². The van der Waals surface area contributed by atoms with Crippen LogP contribution in [0.4, 0.5) is 0 Å². The molecule has 0 bridgehead atoms. The summed E-state index contributed by atoms with van der Waals surface area (Å²) in [6.45, 7) is 11.7. The summed E-state index contributed by atoms with van der Waals surface area (Å²) < 4.78 is 0. The molecule has 0 spiro atoms. The monoisotopic (exact) mass is 344 g/mol. The number of carbonyl (C=O) groups excluding carboxylic acids is 2. The van der Waals surface area contributed by atoms with Gasteiger partial charge in [0.2, 0.25) is 0 Å². The normalized spacial score (nSPS) is 38.7. The molecule has 3 rings (SSSR count). The van der Waals surface area contributed by atoms with Crippen molar-refractivity contribution in [1.82, 2.24) is 0 Å². The van der Waals surface area contributed by atoms with Gasteiger partial charge in [0.15, 0.2) is 11.6 Å². The Morgan fingerprint density at radius 1 is 1.32 bits per heavy atom. The van der Waals surface area contributed by atoms with Crippen LogP contribution in [0.2, 0.25) is 0 Å². The number of Topliss-reactive ketones (excluding diaryl/α,β-unsaturated/α-hetero) is 1. The van der Waals surface area contributed by atoms with Crippen LogP contribution in [0.1, 0.15) is 47.0 Å². The molecule has 4 nitrogen and oxygen atoms in total. The summed E-state index contributed by atoms with van der Waals surface area (Å²) in [5, 5.41) is 20.5. The van der Waals surface area contributed by atoms with E-state index in [0.29, 0.717) is 41.6 Å². The van der Waals surface area contributed by atoms with Gasteiger partial charge >= 0.3 is 0 Å². The molecule has 2 N–H and O–H groups in total. The van der Waals surface area contributed by atoms with Gasteiger partial charge in [-0.15, -0.1) is 0 Å². The zero-order valence-corrected chi connectivity index (χ0v) is 15.6. The van der Waals surface area contributed by atoms with Crippen molar-refractivity contribution in [2.24, 2.45) is 22.7 Å². The van der Waals surface area contributed by atoms with Crippen LogP contribution in [0.5, 0.6) is 0 Å². The van der Waals surface area contributed by atoms with Gasteiger partial charge in [-0.05, 0) is 42.7 Å². The van der Waals surface area contributed by atoms with Gasteiger partial charge in [0.25, 0.3) is 0 Å². The molecule has 0 aromatic rings. The molecule has 136 valence electrons. The van der Waals surface area contributed by atoms with Gasteiger partial charge in [0.05, 0.1) is 12.7 Å². The third kappa shape index (κ3) is 2.34. The van der Waals surface area contributed by atoms with Crippen molar-refractivity contribution in [3.63, 3.8) is 0 Å². The van der Waals surface area contributed by atoms with E-state index in [9.17, 15) is 19.8 Å². The molecule has 0 unspecified atom stereocenters. The van der Waals surface area contributed by atoms with Gasteiger partial charge in [-0.1, -0.05) is 34.3 Å². The van der Waals surface area contributed by atoms with Gasteiger partial charge in [0.1, 0.15) is 0 Å². The van der Waals surface area contributed by atoms with Crippen LogP contribution >= 0.6 is 0 Å². The van der Waals surface area contributed by atoms with Crippen molar-refractivity contribution >= 4 is 11.6 Å². The van der Waals surface area contributed by atoms with E-state index < -0.39 is 16.9 Å². The third-order valence-electron chi connectivity index (χ3n) is 6.87. The number of aliphatic hydroxyl groups excluding tert-OH is 2. The van der Waals surface area contributed by atoms with Gasteiger partial charge in [-0.2, -0.15) is 0 Å². The molecule has 1 saturated carbocycles. The molecule has 3 aliphatic rings. The Labute approximate surface area is 149 Å². The average molecular weight is 344 g/mol. The first kappa shape index (κ1) is 18.3. The predicted octanol–water partition coefficient (Wildman–Crippen LogP) is 2.75. The lowest BCUT2D eigenvalue weighted by molar-refractivity contribution is -0.130. The van der Waals surface area contributed by atoms with E-state index in [1.165, 1.54) is 6.08 Å². The molecule has 0 saturated heterocycles. The highest BCUT2D eigenvalue weighted by atomic mass is 16.3. The first-order valence-electron chi connectivity index (χ1n) is 9.10. The quantitative estimate of drug-likeness (QED) is 0.756. The van der Waals surface area contributed by atoms with Crippen LogP contribution in [-0.4, -0.2) is 34.5 Å². The smallest absolute Gasteiger partial charge is 0.190 e. The highest BCUT2D eigenvalue weighted by Gasteiger charge is 2.59. The molecule has 0 heterocycles. The molecule has 25 heavy (non-hydrogen) atoms. The second-order valence-corrected chi connectivity index (χ2v) is 8.69. The maximum absolute atomic E-state index is 13.0.